The molecule has 0 radical (unpaired) electrons. The number of para-hydroxylation sites is 1. The molecule has 0 fully saturated rings. The lowest BCUT2D eigenvalue weighted by molar-refractivity contribution is -0.135. The number of carbonyl (C=O) groups excluding carboxylic acids is 1. The molecule has 1 amide bonds. The van der Waals surface area contributed by atoms with Gasteiger partial charge in [0.2, 0.25) is 0 Å². The first-order valence-electron chi connectivity index (χ1n) is 6.45. The number of benzene rings is 2. The molecule has 2 aromatic rings. The summed E-state index contributed by atoms with van der Waals surface area (Å²) in [5, 5.41) is 8.99. The van der Waals surface area contributed by atoms with Crippen molar-refractivity contribution in [2.75, 3.05) is 11.4 Å². The van der Waals surface area contributed by atoms with E-state index in [4.69, 9.17) is 9.66 Å². The van der Waals surface area contributed by atoms with Gasteiger partial charge < -0.3 is 5.11 Å². The van der Waals surface area contributed by atoms with E-state index in [0.717, 1.165) is 17.0 Å². The van der Waals surface area contributed by atoms with E-state index in [9.17, 15) is 18.0 Å². The van der Waals surface area contributed by atoms with E-state index >= 15 is 0 Å². The second-order valence-corrected chi connectivity index (χ2v) is 6.04. The Bertz CT molecular complexity index is 815. The van der Waals surface area contributed by atoms with Crippen molar-refractivity contribution in [3.05, 3.63) is 60.2 Å². The highest BCUT2D eigenvalue weighted by molar-refractivity contribution is 7.85. The molecular weight excluding hydrogens is 322 g/mol. The van der Waals surface area contributed by atoms with Gasteiger partial charge in [0.05, 0.1) is 4.90 Å². The lowest BCUT2D eigenvalue weighted by atomic mass is 10.2. The zero-order chi connectivity index (χ0) is 17.0. The number of nitrogens with zero attached hydrogens (tertiary/aromatic N) is 1. The van der Waals surface area contributed by atoms with E-state index < -0.39 is 28.5 Å². The highest BCUT2D eigenvalue weighted by Crippen LogP contribution is 2.18. The van der Waals surface area contributed by atoms with Crippen molar-refractivity contribution < 1.29 is 27.7 Å². The topological polar surface area (TPSA) is 112 Å². The molecule has 0 atom stereocenters. The van der Waals surface area contributed by atoms with E-state index in [-0.39, 0.29) is 10.5 Å². The van der Waals surface area contributed by atoms with Crippen LogP contribution < -0.4 is 4.90 Å². The summed E-state index contributed by atoms with van der Waals surface area (Å²) in [5.74, 6) is -1.78. The van der Waals surface area contributed by atoms with Crippen molar-refractivity contribution in [1.29, 1.82) is 0 Å². The summed E-state index contributed by atoms with van der Waals surface area (Å²) >= 11 is 0. The number of rotatable bonds is 5. The molecule has 0 saturated carbocycles. The van der Waals surface area contributed by atoms with E-state index in [1.54, 1.807) is 30.3 Å². The van der Waals surface area contributed by atoms with Gasteiger partial charge in [-0.25, -0.2) is 0 Å². The van der Waals surface area contributed by atoms with Gasteiger partial charge in [-0.2, -0.15) is 8.42 Å². The maximum atomic E-state index is 12.5. The second kappa shape index (κ2) is 6.59. The third-order valence-electron chi connectivity index (χ3n) is 3.01. The van der Waals surface area contributed by atoms with Crippen LogP contribution in [0.15, 0.2) is 59.5 Å². The molecule has 0 unspecified atom stereocenters. The minimum Gasteiger partial charge on any atom is -0.480 e. The summed E-state index contributed by atoms with van der Waals surface area (Å²) in [4.78, 5) is 24.2. The zero-order valence-corrected chi connectivity index (χ0v) is 12.6. The van der Waals surface area contributed by atoms with Crippen LogP contribution in [0.25, 0.3) is 0 Å². The first-order valence-corrected chi connectivity index (χ1v) is 7.89. The number of carboxylic acids is 1. The molecule has 8 heteroatoms. The molecule has 0 aliphatic rings. The molecule has 0 saturated heterocycles. The van der Waals surface area contributed by atoms with Gasteiger partial charge in [0.25, 0.3) is 16.0 Å². The summed E-state index contributed by atoms with van der Waals surface area (Å²) in [7, 11) is -4.36. The number of anilines is 1. The molecule has 2 rings (SSSR count). The Morgan fingerprint density at radius 2 is 1.52 bits per heavy atom. The molecule has 0 bridgehead atoms. The maximum Gasteiger partial charge on any atom is 0.323 e. The minimum absolute atomic E-state index is 0.0995. The highest BCUT2D eigenvalue weighted by atomic mass is 32.2. The van der Waals surface area contributed by atoms with Crippen LogP contribution in [0, 0.1) is 0 Å². The fraction of sp³-hybridized carbons (Fsp3) is 0.0667. The molecular formula is C15H13NO6S. The van der Waals surface area contributed by atoms with Crippen molar-refractivity contribution in [3.8, 4) is 0 Å². The van der Waals surface area contributed by atoms with Gasteiger partial charge in [-0.1, -0.05) is 18.2 Å². The Balaban J connectivity index is 2.36. The summed E-state index contributed by atoms with van der Waals surface area (Å²) in [6.07, 6.45) is 0. The van der Waals surface area contributed by atoms with Crippen molar-refractivity contribution in [1.82, 2.24) is 0 Å². The molecule has 23 heavy (non-hydrogen) atoms. The molecule has 0 aromatic heterocycles. The molecule has 0 heterocycles. The molecule has 0 aliphatic heterocycles. The number of carbonyl (C=O) groups is 2. The Morgan fingerprint density at radius 3 is 2.00 bits per heavy atom. The fourth-order valence-corrected chi connectivity index (χ4v) is 2.43. The Morgan fingerprint density at radius 1 is 0.957 bits per heavy atom. The van der Waals surface area contributed by atoms with Crippen LogP contribution in [0.2, 0.25) is 0 Å². The van der Waals surface area contributed by atoms with Gasteiger partial charge in [-0.05, 0) is 36.4 Å². The molecule has 7 nitrogen and oxygen atoms in total. The normalized spacial score (nSPS) is 11.0. The average molecular weight is 335 g/mol. The van der Waals surface area contributed by atoms with E-state index in [2.05, 4.69) is 0 Å². The van der Waals surface area contributed by atoms with Gasteiger partial charge in [-0.3, -0.25) is 19.0 Å². The third-order valence-corrected chi connectivity index (χ3v) is 3.87. The monoisotopic (exact) mass is 335 g/mol. The lowest BCUT2D eigenvalue weighted by Gasteiger charge is -2.21. The van der Waals surface area contributed by atoms with E-state index in [0.29, 0.717) is 5.69 Å². The Labute approximate surface area is 132 Å². The Kier molecular flexibility index (Phi) is 4.77. The van der Waals surface area contributed by atoms with Crippen molar-refractivity contribution in [2.45, 2.75) is 4.90 Å². The summed E-state index contributed by atoms with van der Waals surface area (Å²) in [6, 6.07) is 12.8. The molecule has 0 aliphatic carbocycles. The van der Waals surface area contributed by atoms with Crippen molar-refractivity contribution >= 4 is 27.7 Å². The molecule has 2 aromatic carbocycles. The summed E-state index contributed by atoms with van der Waals surface area (Å²) in [6.45, 7) is -0.539. The number of carboxylic acid groups (broad SMARTS) is 1. The predicted molar refractivity (Wildman–Crippen MR) is 82.0 cm³/mol. The highest BCUT2D eigenvalue weighted by Gasteiger charge is 2.21. The van der Waals surface area contributed by atoms with Crippen LogP contribution in [-0.4, -0.2) is 36.5 Å². The van der Waals surface area contributed by atoms with Crippen LogP contribution in [-0.2, 0) is 14.9 Å². The Hall–Kier alpha value is -2.71. The SMILES string of the molecule is O=C(O)CN(C(=O)c1ccc(S(=O)(=O)O)cc1)c1ccccc1. The average Bonchev–Trinajstić information content (AvgIpc) is 2.52. The number of hydrogen-bond donors (Lipinski definition) is 2. The van der Waals surface area contributed by atoms with Crippen LogP contribution in [0.3, 0.4) is 0 Å². The van der Waals surface area contributed by atoms with Gasteiger partial charge in [-0.15, -0.1) is 0 Å². The molecule has 2 N–H and O–H groups in total. The quantitative estimate of drug-likeness (QED) is 0.804. The molecule has 120 valence electrons. The summed E-state index contributed by atoms with van der Waals surface area (Å²) in [5.41, 5.74) is 0.501. The van der Waals surface area contributed by atoms with Gasteiger partial charge in [0.1, 0.15) is 6.54 Å². The zero-order valence-electron chi connectivity index (χ0n) is 11.8. The van der Waals surface area contributed by atoms with Crippen LogP contribution >= 0.6 is 0 Å². The maximum absolute atomic E-state index is 12.5. The van der Waals surface area contributed by atoms with Gasteiger partial charge >= 0.3 is 5.97 Å². The van der Waals surface area contributed by atoms with E-state index in [1.165, 1.54) is 12.1 Å². The van der Waals surface area contributed by atoms with Crippen LogP contribution in [0.5, 0.6) is 0 Å². The smallest absolute Gasteiger partial charge is 0.323 e. The summed E-state index contributed by atoms with van der Waals surface area (Å²) < 4.78 is 30.9. The standard InChI is InChI=1S/C15H13NO6S/c17-14(18)10-16(12-4-2-1-3-5-12)15(19)11-6-8-13(9-7-11)23(20,21)22/h1-9H,10H2,(H,17,18)(H,20,21,22). The minimum atomic E-state index is -4.36. The first kappa shape index (κ1) is 16.7. The first-order chi connectivity index (χ1) is 10.8. The van der Waals surface area contributed by atoms with Crippen LogP contribution in [0.1, 0.15) is 10.4 Å². The van der Waals surface area contributed by atoms with Crippen molar-refractivity contribution in [2.24, 2.45) is 0 Å². The van der Waals surface area contributed by atoms with Gasteiger partial charge in [0, 0.05) is 11.3 Å². The third kappa shape index (κ3) is 4.15. The van der Waals surface area contributed by atoms with E-state index in [1.807, 2.05) is 0 Å². The predicted octanol–water partition coefficient (Wildman–Crippen LogP) is 1.66. The second-order valence-electron chi connectivity index (χ2n) is 4.62. The van der Waals surface area contributed by atoms with Gasteiger partial charge in [0.15, 0.2) is 0 Å². The fourth-order valence-electron chi connectivity index (χ4n) is 1.95. The molecule has 0 spiro atoms. The number of amides is 1. The largest absolute Gasteiger partial charge is 0.480 e. The lowest BCUT2D eigenvalue weighted by Crippen LogP contribution is -2.35. The van der Waals surface area contributed by atoms with Crippen LogP contribution in [0.4, 0.5) is 5.69 Å². The number of hydrogen-bond acceptors (Lipinski definition) is 4. The number of aliphatic carboxylic acids is 1. The van der Waals surface area contributed by atoms with Crippen molar-refractivity contribution in [3.63, 3.8) is 0 Å².